The summed E-state index contributed by atoms with van der Waals surface area (Å²) < 4.78 is 17.6. The Kier molecular flexibility index (Phi) is 4.04. The van der Waals surface area contributed by atoms with Gasteiger partial charge in [0.25, 0.3) is 0 Å². The average molecular weight is 187 g/mol. The first-order valence-electron chi connectivity index (χ1n) is 3.59. The van der Waals surface area contributed by atoms with Crippen LogP contribution < -0.4 is 0 Å². The predicted molar refractivity (Wildman–Crippen MR) is 47.4 cm³/mol. The van der Waals surface area contributed by atoms with Crippen LogP contribution in [-0.2, 0) is 10.6 Å². The molecule has 1 heterocycles. The van der Waals surface area contributed by atoms with E-state index >= 15 is 0 Å². The van der Waals surface area contributed by atoms with Gasteiger partial charge in [0.1, 0.15) is 0 Å². The number of pyridine rings is 1. The Morgan fingerprint density at radius 3 is 3.17 bits per heavy atom. The maximum atomic E-state index is 12.5. The fourth-order valence-corrected chi connectivity index (χ4v) is 1.09. The van der Waals surface area contributed by atoms with Gasteiger partial charge in [-0.1, -0.05) is 0 Å². The summed E-state index contributed by atoms with van der Waals surface area (Å²) in [4.78, 5) is 3.46. The third kappa shape index (κ3) is 3.19. The lowest BCUT2D eigenvalue weighted by molar-refractivity contribution is 0.380. The Hall–Kier alpha value is -0.610. The van der Waals surface area contributed by atoms with Gasteiger partial charge < -0.3 is 4.18 Å². The van der Waals surface area contributed by atoms with Gasteiger partial charge in [0.15, 0.2) is 0 Å². The molecule has 0 fully saturated rings. The molecule has 1 aromatic rings. The quantitative estimate of drug-likeness (QED) is 0.409. The zero-order chi connectivity index (χ0) is 8.81. The molecule has 0 radical (unpaired) electrons. The Labute approximate surface area is 75.4 Å². The highest BCUT2D eigenvalue weighted by Crippen LogP contribution is 2.03. The van der Waals surface area contributed by atoms with Gasteiger partial charge in [0.2, 0.25) is 5.95 Å². The molecule has 4 heteroatoms. The van der Waals surface area contributed by atoms with E-state index in [-0.39, 0.29) is 0 Å². The van der Waals surface area contributed by atoms with Crippen LogP contribution in [0.15, 0.2) is 18.3 Å². The lowest BCUT2D eigenvalue weighted by atomic mass is 10.2. The van der Waals surface area contributed by atoms with Crippen LogP contribution in [0.4, 0.5) is 4.39 Å². The molecule has 0 aliphatic rings. The number of rotatable bonds is 4. The van der Waals surface area contributed by atoms with E-state index in [1.54, 1.807) is 6.07 Å². The van der Waals surface area contributed by atoms with Gasteiger partial charge >= 0.3 is 0 Å². The highest BCUT2D eigenvalue weighted by Gasteiger charge is 1.95. The molecule has 0 atom stereocenters. The summed E-state index contributed by atoms with van der Waals surface area (Å²) >= 11 is 1.32. The summed E-state index contributed by atoms with van der Waals surface area (Å²) in [5, 5.41) is 0. The van der Waals surface area contributed by atoms with Gasteiger partial charge in [-0.05, 0) is 36.2 Å². The smallest absolute Gasteiger partial charge is 0.213 e. The minimum absolute atomic E-state index is 0.434. The molecule has 0 saturated carbocycles. The van der Waals surface area contributed by atoms with E-state index in [2.05, 4.69) is 4.98 Å². The summed E-state index contributed by atoms with van der Waals surface area (Å²) in [6.45, 7) is 0.602. The highest BCUT2D eigenvalue weighted by atomic mass is 32.2. The molecule has 1 aromatic heterocycles. The second-order valence-electron chi connectivity index (χ2n) is 2.23. The summed E-state index contributed by atoms with van der Waals surface area (Å²) in [5.74, 6) is -0.434. The first kappa shape index (κ1) is 9.48. The van der Waals surface area contributed by atoms with E-state index in [9.17, 15) is 4.39 Å². The average Bonchev–Trinajstić information content (AvgIpc) is 2.05. The van der Waals surface area contributed by atoms with Crippen molar-refractivity contribution in [2.24, 2.45) is 0 Å². The molecule has 0 aliphatic carbocycles. The normalized spacial score (nSPS) is 10.2. The molecule has 0 bridgehead atoms. The zero-order valence-corrected chi connectivity index (χ0v) is 7.60. The van der Waals surface area contributed by atoms with Crippen LogP contribution in [0.1, 0.15) is 5.56 Å². The molecule has 0 spiro atoms. The summed E-state index contributed by atoms with van der Waals surface area (Å²) in [5.41, 5.74) is 0.913. The summed E-state index contributed by atoms with van der Waals surface area (Å²) in [6.07, 6.45) is 4.04. The van der Waals surface area contributed by atoms with Gasteiger partial charge in [-0.3, -0.25) is 0 Å². The van der Waals surface area contributed by atoms with Gasteiger partial charge in [0, 0.05) is 12.5 Å². The molecule has 12 heavy (non-hydrogen) atoms. The van der Waals surface area contributed by atoms with Crippen molar-refractivity contribution in [3.05, 3.63) is 29.8 Å². The van der Waals surface area contributed by atoms with E-state index < -0.39 is 5.95 Å². The zero-order valence-electron chi connectivity index (χ0n) is 6.79. The van der Waals surface area contributed by atoms with Crippen LogP contribution in [-0.4, -0.2) is 17.8 Å². The minimum Gasteiger partial charge on any atom is -0.315 e. The highest BCUT2D eigenvalue weighted by molar-refractivity contribution is 7.93. The number of nitrogens with zero attached hydrogens (tertiary/aromatic N) is 1. The first-order chi connectivity index (χ1) is 5.83. The fraction of sp³-hybridized carbons (Fsp3) is 0.375. The Bertz CT molecular complexity index is 244. The third-order valence-corrected chi connectivity index (χ3v) is 1.79. The second kappa shape index (κ2) is 5.11. The van der Waals surface area contributed by atoms with Gasteiger partial charge in [-0.25, -0.2) is 4.98 Å². The van der Waals surface area contributed by atoms with Crippen molar-refractivity contribution < 1.29 is 8.57 Å². The molecule has 0 N–H and O–H groups in total. The van der Waals surface area contributed by atoms with Crippen LogP contribution in [0.25, 0.3) is 0 Å². The maximum Gasteiger partial charge on any atom is 0.213 e. The molecule has 66 valence electrons. The SMILES string of the molecule is CSOCCc1ccnc(F)c1. The van der Waals surface area contributed by atoms with Crippen LogP contribution in [0.2, 0.25) is 0 Å². The molecular weight excluding hydrogens is 177 g/mol. The van der Waals surface area contributed by atoms with Crippen molar-refractivity contribution in [1.29, 1.82) is 0 Å². The Morgan fingerprint density at radius 1 is 1.67 bits per heavy atom. The summed E-state index contributed by atoms with van der Waals surface area (Å²) in [6, 6.07) is 3.20. The number of hydrogen-bond donors (Lipinski definition) is 0. The monoisotopic (exact) mass is 187 g/mol. The minimum atomic E-state index is -0.434. The molecule has 0 saturated heterocycles. The van der Waals surface area contributed by atoms with Crippen molar-refractivity contribution in [1.82, 2.24) is 4.98 Å². The van der Waals surface area contributed by atoms with Crippen LogP contribution in [0.5, 0.6) is 0 Å². The van der Waals surface area contributed by atoms with Gasteiger partial charge in [0.05, 0.1) is 6.61 Å². The molecule has 1 rings (SSSR count). The van der Waals surface area contributed by atoms with E-state index in [0.29, 0.717) is 6.61 Å². The van der Waals surface area contributed by atoms with E-state index in [4.69, 9.17) is 4.18 Å². The van der Waals surface area contributed by atoms with E-state index in [1.807, 2.05) is 6.26 Å². The molecular formula is C8H10FNOS. The van der Waals surface area contributed by atoms with Crippen molar-refractivity contribution in [2.45, 2.75) is 6.42 Å². The van der Waals surface area contributed by atoms with Crippen LogP contribution >= 0.6 is 12.0 Å². The fourth-order valence-electron chi connectivity index (χ4n) is 0.841. The standard InChI is InChI=1S/C8H10FNOS/c1-12-11-5-3-7-2-4-10-8(9)6-7/h2,4,6H,3,5H2,1H3. The van der Waals surface area contributed by atoms with Gasteiger partial charge in [-0.2, -0.15) is 4.39 Å². The number of aromatic nitrogens is 1. The molecule has 0 amide bonds. The van der Waals surface area contributed by atoms with Crippen LogP contribution in [0.3, 0.4) is 0 Å². The second-order valence-corrected chi connectivity index (χ2v) is 2.79. The molecule has 0 unspecified atom stereocenters. The molecule has 0 aliphatic heterocycles. The van der Waals surface area contributed by atoms with E-state index in [0.717, 1.165) is 12.0 Å². The van der Waals surface area contributed by atoms with Gasteiger partial charge in [-0.15, -0.1) is 0 Å². The van der Waals surface area contributed by atoms with Crippen molar-refractivity contribution in [2.75, 3.05) is 12.9 Å². The summed E-state index contributed by atoms with van der Waals surface area (Å²) in [7, 11) is 0. The van der Waals surface area contributed by atoms with Crippen molar-refractivity contribution in [3.63, 3.8) is 0 Å². The molecule has 2 nitrogen and oxygen atoms in total. The third-order valence-electron chi connectivity index (χ3n) is 1.38. The van der Waals surface area contributed by atoms with Crippen LogP contribution in [0, 0.1) is 5.95 Å². The van der Waals surface area contributed by atoms with Crippen molar-refractivity contribution >= 4 is 12.0 Å². The lowest BCUT2D eigenvalue weighted by Gasteiger charge is -1.99. The topological polar surface area (TPSA) is 22.1 Å². The molecule has 0 aromatic carbocycles. The predicted octanol–water partition coefficient (Wildman–Crippen LogP) is 2.06. The Morgan fingerprint density at radius 2 is 2.50 bits per heavy atom. The maximum absolute atomic E-state index is 12.5. The first-order valence-corrected chi connectivity index (χ1v) is 4.74. The lowest BCUT2D eigenvalue weighted by Crippen LogP contribution is -1.94. The largest absolute Gasteiger partial charge is 0.315 e. The van der Waals surface area contributed by atoms with Crippen molar-refractivity contribution in [3.8, 4) is 0 Å². The van der Waals surface area contributed by atoms with E-state index in [1.165, 1.54) is 24.3 Å². The number of hydrogen-bond acceptors (Lipinski definition) is 3. The number of halogens is 1. The Balaban J connectivity index is 2.41.